The van der Waals surface area contributed by atoms with Crippen molar-refractivity contribution in [3.05, 3.63) is 56.2 Å². The normalized spacial score (nSPS) is 12.3. The van der Waals surface area contributed by atoms with Crippen molar-refractivity contribution in [1.29, 1.82) is 0 Å². The summed E-state index contributed by atoms with van der Waals surface area (Å²) >= 11 is 5.14. The van der Waals surface area contributed by atoms with Crippen LogP contribution in [0.3, 0.4) is 0 Å². The van der Waals surface area contributed by atoms with Crippen LogP contribution in [-0.4, -0.2) is 11.1 Å². The molecular weight excluding hydrogens is 336 g/mol. The minimum Gasteiger partial charge on any atom is -0.481 e. The van der Waals surface area contributed by atoms with Crippen LogP contribution in [0.4, 0.5) is 0 Å². The van der Waals surface area contributed by atoms with E-state index in [0.29, 0.717) is 12.8 Å². The van der Waals surface area contributed by atoms with Gasteiger partial charge in [0.25, 0.3) is 0 Å². The van der Waals surface area contributed by atoms with E-state index in [1.807, 2.05) is 24.3 Å². The highest BCUT2D eigenvalue weighted by Crippen LogP contribution is 2.23. The highest BCUT2D eigenvalue weighted by molar-refractivity contribution is 9.10. The summed E-state index contributed by atoms with van der Waals surface area (Å²) in [4.78, 5) is 13.9. The summed E-state index contributed by atoms with van der Waals surface area (Å²) in [5.41, 5.74) is 1.05. The number of benzene rings is 1. The molecule has 2 nitrogen and oxygen atoms in total. The summed E-state index contributed by atoms with van der Waals surface area (Å²) in [6.45, 7) is 2.12. The van der Waals surface area contributed by atoms with Crippen molar-refractivity contribution >= 4 is 33.2 Å². The third kappa shape index (κ3) is 4.18. The van der Waals surface area contributed by atoms with Gasteiger partial charge in [-0.05, 0) is 49.1 Å². The fourth-order valence-corrected chi connectivity index (χ4v) is 3.64. The van der Waals surface area contributed by atoms with Gasteiger partial charge in [0.15, 0.2) is 0 Å². The summed E-state index contributed by atoms with van der Waals surface area (Å²) < 4.78 is 0.989. The van der Waals surface area contributed by atoms with E-state index in [2.05, 4.69) is 35.0 Å². The van der Waals surface area contributed by atoms with Crippen LogP contribution in [0.15, 0.2) is 40.9 Å². The number of aryl methyl sites for hydroxylation is 1. The van der Waals surface area contributed by atoms with Gasteiger partial charge >= 0.3 is 5.97 Å². The zero-order valence-corrected chi connectivity index (χ0v) is 13.7. The molecule has 106 valence electrons. The maximum Gasteiger partial charge on any atom is 0.307 e. The first-order valence-corrected chi connectivity index (χ1v) is 8.24. The Balaban J connectivity index is 2.09. The Labute approximate surface area is 131 Å². The molecule has 1 heterocycles. The standard InChI is InChI=1S/C16H17BrO2S/c1-2-14-6-7-15(20-14)10-12(16(18)19)8-11-4-3-5-13(17)9-11/h3-7,9,12H,2,8,10H2,1H3,(H,18,19). The van der Waals surface area contributed by atoms with Gasteiger partial charge in [0.2, 0.25) is 0 Å². The minimum atomic E-state index is -0.726. The largest absolute Gasteiger partial charge is 0.481 e. The van der Waals surface area contributed by atoms with E-state index in [1.54, 1.807) is 11.3 Å². The number of carboxylic acid groups (broad SMARTS) is 1. The van der Waals surface area contributed by atoms with E-state index >= 15 is 0 Å². The molecule has 1 aromatic carbocycles. The van der Waals surface area contributed by atoms with Crippen molar-refractivity contribution in [2.24, 2.45) is 5.92 Å². The molecule has 0 aliphatic heterocycles. The molecule has 0 bridgehead atoms. The zero-order chi connectivity index (χ0) is 14.5. The van der Waals surface area contributed by atoms with Gasteiger partial charge in [0.05, 0.1) is 5.92 Å². The Hall–Kier alpha value is -1.13. The summed E-state index contributed by atoms with van der Waals surface area (Å²) in [5.74, 6) is -1.09. The van der Waals surface area contributed by atoms with Crippen molar-refractivity contribution in [1.82, 2.24) is 0 Å². The van der Waals surface area contributed by atoms with Crippen molar-refractivity contribution in [3.8, 4) is 0 Å². The Morgan fingerprint density at radius 2 is 2.00 bits per heavy atom. The molecule has 1 N–H and O–H groups in total. The number of aliphatic carboxylic acids is 1. The van der Waals surface area contributed by atoms with Crippen molar-refractivity contribution in [3.63, 3.8) is 0 Å². The highest BCUT2D eigenvalue weighted by Gasteiger charge is 2.19. The summed E-state index contributed by atoms with van der Waals surface area (Å²) in [6.07, 6.45) is 2.18. The van der Waals surface area contributed by atoms with Gasteiger partial charge in [0.1, 0.15) is 0 Å². The molecule has 1 aromatic heterocycles. The minimum absolute atomic E-state index is 0.368. The quantitative estimate of drug-likeness (QED) is 0.827. The van der Waals surface area contributed by atoms with E-state index in [9.17, 15) is 9.90 Å². The molecular formula is C16H17BrO2S. The van der Waals surface area contributed by atoms with Gasteiger partial charge < -0.3 is 5.11 Å². The van der Waals surface area contributed by atoms with Crippen LogP contribution in [0.1, 0.15) is 22.2 Å². The van der Waals surface area contributed by atoms with Crippen molar-refractivity contribution in [2.45, 2.75) is 26.2 Å². The number of carboxylic acids is 1. The molecule has 4 heteroatoms. The van der Waals surface area contributed by atoms with Gasteiger partial charge in [-0.2, -0.15) is 0 Å². The number of halogens is 1. The molecule has 0 saturated carbocycles. The van der Waals surface area contributed by atoms with Crippen molar-refractivity contribution in [2.75, 3.05) is 0 Å². The van der Waals surface area contributed by atoms with Crippen LogP contribution in [-0.2, 0) is 24.1 Å². The van der Waals surface area contributed by atoms with Crippen LogP contribution in [0.25, 0.3) is 0 Å². The second kappa shape index (κ2) is 7.04. The van der Waals surface area contributed by atoms with E-state index in [0.717, 1.165) is 21.3 Å². The predicted molar refractivity (Wildman–Crippen MR) is 86.4 cm³/mol. The Bertz CT molecular complexity index is 592. The monoisotopic (exact) mass is 352 g/mol. The average molecular weight is 353 g/mol. The van der Waals surface area contributed by atoms with E-state index in [1.165, 1.54) is 4.88 Å². The first-order chi connectivity index (χ1) is 9.58. The predicted octanol–water partition coefficient (Wildman–Crippen LogP) is 4.56. The number of thiophene rings is 1. The summed E-state index contributed by atoms with van der Waals surface area (Å²) in [6, 6.07) is 12.0. The lowest BCUT2D eigenvalue weighted by Gasteiger charge is -2.11. The molecule has 0 saturated heterocycles. The summed E-state index contributed by atoms with van der Waals surface area (Å²) in [7, 11) is 0. The third-order valence-electron chi connectivity index (χ3n) is 3.23. The molecule has 0 aliphatic rings. The van der Waals surface area contributed by atoms with Crippen LogP contribution in [0.2, 0.25) is 0 Å². The zero-order valence-electron chi connectivity index (χ0n) is 11.3. The van der Waals surface area contributed by atoms with Crippen molar-refractivity contribution < 1.29 is 9.90 Å². The number of carbonyl (C=O) groups is 1. The molecule has 2 aromatic rings. The van der Waals surface area contributed by atoms with Gasteiger partial charge in [-0.3, -0.25) is 4.79 Å². The van der Waals surface area contributed by atoms with Crippen LogP contribution >= 0.6 is 27.3 Å². The van der Waals surface area contributed by atoms with E-state index < -0.39 is 5.97 Å². The first-order valence-electron chi connectivity index (χ1n) is 6.63. The average Bonchev–Trinajstić information content (AvgIpc) is 2.85. The van der Waals surface area contributed by atoms with Gasteiger partial charge in [-0.15, -0.1) is 11.3 Å². The SMILES string of the molecule is CCc1ccc(CC(Cc2cccc(Br)c2)C(=O)O)s1. The molecule has 20 heavy (non-hydrogen) atoms. The van der Waals surface area contributed by atoms with Crippen LogP contribution in [0, 0.1) is 5.92 Å². The smallest absolute Gasteiger partial charge is 0.307 e. The Morgan fingerprint density at radius 1 is 1.25 bits per heavy atom. The molecule has 0 radical (unpaired) electrons. The molecule has 0 spiro atoms. The second-order valence-corrected chi connectivity index (χ2v) is 6.96. The number of rotatable bonds is 6. The summed E-state index contributed by atoms with van der Waals surface area (Å²) in [5, 5.41) is 9.42. The molecule has 2 rings (SSSR count). The molecule has 0 aliphatic carbocycles. The van der Waals surface area contributed by atoms with E-state index in [4.69, 9.17) is 0 Å². The molecule has 1 atom stereocenters. The maximum atomic E-state index is 11.5. The fraction of sp³-hybridized carbons (Fsp3) is 0.312. The van der Waals surface area contributed by atoms with E-state index in [-0.39, 0.29) is 5.92 Å². The molecule has 0 fully saturated rings. The molecule has 0 amide bonds. The van der Waals surface area contributed by atoms with Gasteiger partial charge in [-0.1, -0.05) is 35.0 Å². The highest BCUT2D eigenvalue weighted by atomic mass is 79.9. The first kappa shape index (κ1) is 15.3. The Morgan fingerprint density at radius 3 is 2.60 bits per heavy atom. The van der Waals surface area contributed by atoms with Crippen LogP contribution < -0.4 is 0 Å². The number of hydrogen-bond donors (Lipinski definition) is 1. The lowest BCUT2D eigenvalue weighted by atomic mass is 9.96. The molecule has 1 unspecified atom stereocenters. The lowest BCUT2D eigenvalue weighted by molar-refractivity contribution is -0.141. The number of hydrogen-bond acceptors (Lipinski definition) is 2. The lowest BCUT2D eigenvalue weighted by Crippen LogP contribution is -2.18. The fourth-order valence-electron chi connectivity index (χ4n) is 2.16. The van der Waals surface area contributed by atoms with Gasteiger partial charge in [0, 0.05) is 14.2 Å². The van der Waals surface area contributed by atoms with Crippen LogP contribution in [0.5, 0.6) is 0 Å². The topological polar surface area (TPSA) is 37.3 Å². The second-order valence-electron chi connectivity index (χ2n) is 4.79. The third-order valence-corrected chi connectivity index (χ3v) is 4.98. The Kier molecular flexibility index (Phi) is 5.38. The van der Waals surface area contributed by atoms with Gasteiger partial charge in [-0.25, -0.2) is 0 Å². The maximum absolute atomic E-state index is 11.5.